The van der Waals surface area contributed by atoms with E-state index in [-0.39, 0.29) is 0 Å². The number of thiophene rings is 1. The maximum absolute atomic E-state index is 4.52. The molecule has 3 rings (SSSR count). The molecule has 20 heavy (non-hydrogen) atoms. The number of nitrogens with one attached hydrogen (secondary N) is 1. The van der Waals surface area contributed by atoms with Gasteiger partial charge in [-0.25, -0.2) is 14.6 Å². The average molecular weight is 307 g/mol. The number of aromatic nitrogens is 6. The second-order valence-electron chi connectivity index (χ2n) is 4.07. The number of hydrogen-bond donors (Lipinski definition) is 1. The van der Waals surface area contributed by atoms with Gasteiger partial charge in [0.25, 0.3) is 0 Å². The predicted molar refractivity (Wildman–Crippen MR) is 79.3 cm³/mol. The van der Waals surface area contributed by atoms with Crippen molar-refractivity contribution in [2.24, 2.45) is 7.05 Å². The highest BCUT2D eigenvalue weighted by atomic mass is 32.2. The summed E-state index contributed by atoms with van der Waals surface area (Å²) in [5, 5.41) is 17.1. The van der Waals surface area contributed by atoms with Crippen LogP contribution >= 0.6 is 23.1 Å². The van der Waals surface area contributed by atoms with Crippen molar-refractivity contribution >= 4 is 39.3 Å². The van der Waals surface area contributed by atoms with Gasteiger partial charge in [-0.2, -0.15) is 0 Å². The van der Waals surface area contributed by atoms with E-state index in [0.717, 1.165) is 21.7 Å². The average Bonchev–Trinajstić information content (AvgIpc) is 3.05. The van der Waals surface area contributed by atoms with Crippen LogP contribution in [0.1, 0.15) is 11.8 Å². The Bertz CT molecular complexity index is 748. The molecule has 1 N–H and O–H groups in total. The van der Waals surface area contributed by atoms with Gasteiger partial charge in [-0.15, -0.1) is 16.4 Å². The lowest BCUT2D eigenvalue weighted by Crippen LogP contribution is -1.98. The molecule has 0 unspecified atom stereocenters. The molecular formula is C11H13N7S2. The van der Waals surface area contributed by atoms with E-state index in [2.05, 4.69) is 43.8 Å². The molecule has 0 radical (unpaired) electrons. The lowest BCUT2D eigenvalue weighted by Gasteiger charge is -2.03. The topological polar surface area (TPSA) is 81.4 Å². The van der Waals surface area contributed by atoms with Crippen LogP contribution in [-0.4, -0.2) is 37.2 Å². The number of hydrogen-bond acceptors (Lipinski definition) is 8. The first-order valence-corrected chi connectivity index (χ1v) is 7.73. The lowest BCUT2D eigenvalue weighted by molar-refractivity contribution is 0.664. The lowest BCUT2D eigenvalue weighted by atomic mass is 10.3. The Balaban J connectivity index is 2.12. The smallest absolute Gasteiger partial charge is 0.224 e. The van der Waals surface area contributed by atoms with E-state index in [1.807, 2.05) is 14.1 Å². The quantitative estimate of drug-likeness (QED) is 0.738. The van der Waals surface area contributed by atoms with Gasteiger partial charge in [0.1, 0.15) is 9.86 Å². The van der Waals surface area contributed by atoms with Gasteiger partial charge in [0.15, 0.2) is 0 Å². The van der Waals surface area contributed by atoms with E-state index in [1.165, 1.54) is 16.6 Å². The molecule has 0 amide bonds. The molecule has 0 bridgehead atoms. The first-order chi connectivity index (χ1) is 9.71. The van der Waals surface area contributed by atoms with Crippen LogP contribution in [0.4, 0.5) is 5.95 Å². The van der Waals surface area contributed by atoms with Crippen LogP contribution in [0.15, 0.2) is 16.2 Å². The predicted octanol–water partition coefficient (Wildman–Crippen LogP) is 1.97. The van der Waals surface area contributed by atoms with Crippen molar-refractivity contribution in [2.75, 3.05) is 12.4 Å². The maximum Gasteiger partial charge on any atom is 0.224 e. The number of nitrogens with zero attached hydrogens (tertiary/aromatic N) is 6. The molecule has 0 saturated carbocycles. The molecule has 3 aromatic heterocycles. The van der Waals surface area contributed by atoms with Crippen LogP contribution in [0.3, 0.4) is 0 Å². The van der Waals surface area contributed by atoms with Crippen molar-refractivity contribution in [3.8, 4) is 0 Å². The fraction of sp³-hybridized carbons (Fsp3) is 0.364. The second-order valence-corrected chi connectivity index (χ2v) is 6.15. The Kier molecular flexibility index (Phi) is 3.53. The highest BCUT2D eigenvalue weighted by molar-refractivity contribution is 7.99. The minimum Gasteiger partial charge on any atom is -0.357 e. The minimum atomic E-state index is 0.611. The molecule has 0 saturated heterocycles. The van der Waals surface area contributed by atoms with Gasteiger partial charge in [0.05, 0.1) is 0 Å². The third-order valence-electron chi connectivity index (χ3n) is 2.75. The van der Waals surface area contributed by atoms with Crippen LogP contribution in [0.25, 0.3) is 10.2 Å². The zero-order valence-corrected chi connectivity index (χ0v) is 12.9. The molecule has 0 spiro atoms. The molecule has 0 aliphatic carbocycles. The number of fused-ring (bicyclic) bond motifs is 1. The van der Waals surface area contributed by atoms with Gasteiger partial charge in [-0.1, -0.05) is 6.92 Å². The van der Waals surface area contributed by atoms with Crippen LogP contribution in [-0.2, 0) is 13.5 Å². The first-order valence-electron chi connectivity index (χ1n) is 6.09. The molecule has 0 aromatic carbocycles. The van der Waals surface area contributed by atoms with Gasteiger partial charge in [-0.3, -0.25) is 0 Å². The van der Waals surface area contributed by atoms with E-state index in [4.69, 9.17) is 0 Å². The summed E-state index contributed by atoms with van der Waals surface area (Å²) in [6.07, 6.45) is 0.992. The first kappa shape index (κ1) is 13.3. The van der Waals surface area contributed by atoms with E-state index >= 15 is 0 Å². The summed E-state index contributed by atoms with van der Waals surface area (Å²) in [5.74, 6) is 0.611. The van der Waals surface area contributed by atoms with Gasteiger partial charge >= 0.3 is 0 Å². The molecule has 3 heterocycles. The van der Waals surface area contributed by atoms with Crippen LogP contribution in [0, 0.1) is 0 Å². The summed E-state index contributed by atoms with van der Waals surface area (Å²) in [4.78, 5) is 11.3. The molecule has 0 aliphatic heterocycles. The SMILES string of the molecule is CCc1cc2c(Sc3nnnn3C)nc(NC)nc2s1. The van der Waals surface area contributed by atoms with Gasteiger partial charge in [0.2, 0.25) is 11.1 Å². The van der Waals surface area contributed by atoms with Crippen molar-refractivity contribution in [1.82, 2.24) is 30.2 Å². The van der Waals surface area contributed by atoms with Crippen LogP contribution < -0.4 is 5.32 Å². The number of aryl methyl sites for hydroxylation is 2. The normalized spacial score (nSPS) is 11.2. The van der Waals surface area contributed by atoms with E-state index < -0.39 is 0 Å². The Morgan fingerprint density at radius 3 is 2.90 bits per heavy atom. The molecule has 7 nitrogen and oxygen atoms in total. The largest absolute Gasteiger partial charge is 0.357 e. The summed E-state index contributed by atoms with van der Waals surface area (Å²) in [7, 11) is 3.62. The summed E-state index contributed by atoms with van der Waals surface area (Å²) >= 11 is 3.14. The second kappa shape index (κ2) is 5.33. The fourth-order valence-corrected chi connectivity index (χ4v) is 3.55. The van der Waals surface area contributed by atoms with Gasteiger partial charge in [-0.05, 0) is 34.7 Å². The van der Waals surface area contributed by atoms with Crippen LogP contribution in [0.2, 0.25) is 0 Å². The van der Waals surface area contributed by atoms with Gasteiger partial charge in [0, 0.05) is 24.4 Å². The maximum atomic E-state index is 4.52. The third-order valence-corrected chi connectivity index (χ3v) is 4.96. The molecule has 3 aromatic rings. The summed E-state index contributed by atoms with van der Waals surface area (Å²) in [6, 6.07) is 2.14. The Morgan fingerprint density at radius 2 is 2.25 bits per heavy atom. The van der Waals surface area contributed by atoms with E-state index in [0.29, 0.717) is 11.1 Å². The molecule has 9 heteroatoms. The molecular weight excluding hydrogens is 294 g/mol. The van der Waals surface area contributed by atoms with E-state index in [9.17, 15) is 0 Å². The van der Waals surface area contributed by atoms with Crippen molar-refractivity contribution in [1.29, 1.82) is 0 Å². The highest BCUT2D eigenvalue weighted by Gasteiger charge is 2.14. The number of anilines is 1. The van der Waals surface area contributed by atoms with E-state index in [1.54, 1.807) is 16.0 Å². The number of tetrazole rings is 1. The van der Waals surface area contributed by atoms with Crippen molar-refractivity contribution in [2.45, 2.75) is 23.5 Å². The molecule has 0 aliphatic rings. The Morgan fingerprint density at radius 1 is 1.40 bits per heavy atom. The standard InChI is InChI=1S/C11H13N7S2/c1-4-6-5-7-8(19-6)13-10(12-2)14-9(7)20-11-15-16-17-18(11)3/h5H,4H2,1-3H3,(H,12,13,14). The minimum absolute atomic E-state index is 0.611. The molecule has 104 valence electrons. The van der Waals surface area contributed by atoms with Gasteiger partial charge < -0.3 is 5.32 Å². The Labute approximate surface area is 123 Å². The van der Waals surface area contributed by atoms with Crippen LogP contribution in [0.5, 0.6) is 0 Å². The van der Waals surface area contributed by atoms with Crippen molar-refractivity contribution in [3.63, 3.8) is 0 Å². The third kappa shape index (κ3) is 2.34. The molecule has 0 atom stereocenters. The summed E-state index contributed by atoms with van der Waals surface area (Å²) in [6.45, 7) is 2.14. The van der Waals surface area contributed by atoms with Crippen molar-refractivity contribution < 1.29 is 0 Å². The zero-order chi connectivity index (χ0) is 14.1. The number of rotatable bonds is 4. The zero-order valence-electron chi connectivity index (χ0n) is 11.3. The fourth-order valence-electron chi connectivity index (χ4n) is 1.70. The van der Waals surface area contributed by atoms with Crippen molar-refractivity contribution in [3.05, 3.63) is 10.9 Å². The Hall–Kier alpha value is -1.74. The monoisotopic (exact) mass is 307 g/mol. The summed E-state index contributed by atoms with van der Waals surface area (Å²) in [5.41, 5.74) is 0. The summed E-state index contributed by atoms with van der Waals surface area (Å²) < 4.78 is 1.63. The molecule has 0 fully saturated rings. The highest BCUT2D eigenvalue weighted by Crippen LogP contribution is 2.35.